The second-order valence-electron chi connectivity index (χ2n) is 7.30. The van der Waals surface area contributed by atoms with Crippen molar-refractivity contribution in [2.75, 3.05) is 6.61 Å². The van der Waals surface area contributed by atoms with Gasteiger partial charge in [-0.2, -0.15) is 32.1 Å². The van der Waals surface area contributed by atoms with Crippen molar-refractivity contribution in [1.29, 1.82) is 0 Å². The number of benzene rings is 2. The van der Waals surface area contributed by atoms with Gasteiger partial charge in [-0.3, -0.25) is 4.79 Å². The number of hydrazone groups is 1. The average molecular weight is 442 g/mol. The molecule has 0 aromatic heterocycles. The van der Waals surface area contributed by atoms with Crippen molar-refractivity contribution < 1.29 is 36.6 Å². The molecule has 2 aromatic carbocycles. The number of rotatable bonds is 5. The van der Waals surface area contributed by atoms with E-state index in [1.165, 1.54) is 24.3 Å². The van der Waals surface area contributed by atoms with Crippen LogP contribution in [0.3, 0.4) is 0 Å². The van der Waals surface area contributed by atoms with Gasteiger partial charge in [-0.15, -0.1) is 0 Å². The number of carbonyl (C=O) groups is 1. The Hall–Kier alpha value is -3.01. The molecule has 1 N–H and O–H groups in total. The fourth-order valence-electron chi connectivity index (χ4n) is 3.29. The van der Waals surface area contributed by atoms with Crippen LogP contribution in [-0.2, 0) is 4.79 Å². The standard InChI is InChI=1S/C21H19F5N2O3/c1-13-8-14(2)10-16(9-13)31-12-18(29)28-19(30,20(22,23)21(24,25)26)11-17(27-28)15-6-4-3-5-7-15/h3-10,30H,11-12H2,1-2H3/t19-/m1/s1. The summed E-state index contributed by atoms with van der Waals surface area (Å²) in [7, 11) is 0. The van der Waals surface area contributed by atoms with Gasteiger partial charge in [0.15, 0.2) is 6.61 Å². The first-order valence-electron chi connectivity index (χ1n) is 9.19. The van der Waals surface area contributed by atoms with Crippen molar-refractivity contribution in [2.45, 2.75) is 38.1 Å². The molecule has 5 nitrogen and oxygen atoms in total. The molecule has 1 aliphatic heterocycles. The van der Waals surface area contributed by atoms with Crippen LogP contribution in [0.4, 0.5) is 22.0 Å². The van der Waals surface area contributed by atoms with Crippen molar-refractivity contribution >= 4 is 11.6 Å². The summed E-state index contributed by atoms with van der Waals surface area (Å²) >= 11 is 0. The van der Waals surface area contributed by atoms with Crippen LogP contribution in [-0.4, -0.2) is 46.2 Å². The minimum absolute atomic E-state index is 0.199. The maximum absolute atomic E-state index is 14.3. The van der Waals surface area contributed by atoms with E-state index < -0.39 is 36.8 Å². The predicted octanol–water partition coefficient (Wildman–Crippen LogP) is 4.21. The van der Waals surface area contributed by atoms with E-state index in [0.717, 1.165) is 11.1 Å². The van der Waals surface area contributed by atoms with E-state index in [1.54, 1.807) is 32.0 Å². The van der Waals surface area contributed by atoms with Gasteiger partial charge in [0.05, 0.1) is 5.71 Å². The summed E-state index contributed by atoms with van der Waals surface area (Å²) in [5, 5.41) is 13.9. The van der Waals surface area contributed by atoms with Crippen molar-refractivity contribution in [3.05, 3.63) is 65.2 Å². The zero-order valence-corrected chi connectivity index (χ0v) is 16.6. The van der Waals surface area contributed by atoms with Crippen LogP contribution >= 0.6 is 0 Å². The second-order valence-corrected chi connectivity index (χ2v) is 7.30. The number of amides is 1. The summed E-state index contributed by atoms with van der Waals surface area (Å²) in [6.45, 7) is 2.63. The quantitative estimate of drug-likeness (QED) is 0.706. The molecule has 1 aliphatic rings. The first kappa shape index (κ1) is 22.7. The molecule has 3 rings (SSSR count). The van der Waals surface area contributed by atoms with Gasteiger partial charge in [-0.25, -0.2) is 0 Å². The van der Waals surface area contributed by atoms with Gasteiger partial charge >= 0.3 is 12.1 Å². The number of hydrogen-bond donors (Lipinski definition) is 1. The lowest BCUT2D eigenvalue weighted by atomic mass is 9.95. The molecule has 0 radical (unpaired) electrons. The van der Waals surface area contributed by atoms with Gasteiger partial charge in [0.2, 0.25) is 5.72 Å². The molecular formula is C21H19F5N2O3. The lowest BCUT2D eigenvalue weighted by Crippen LogP contribution is -2.65. The van der Waals surface area contributed by atoms with Crippen LogP contribution in [0.15, 0.2) is 53.6 Å². The fraction of sp³-hybridized carbons (Fsp3) is 0.333. The molecule has 1 atom stereocenters. The van der Waals surface area contributed by atoms with Crippen molar-refractivity contribution in [2.24, 2.45) is 5.10 Å². The Bertz CT molecular complexity index is 988. The largest absolute Gasteiger partial charge is 0.484 e. The molecule has 31 heavy (non-hydrogen) atoms. The third-order valence-corrected chi connectivity index (χ3v) is 4.74. The number of ether oxygens (including phenoxy) is 1. The van der Waals surface area contributed by atoms with Gasteiger partial charge in [-0.1, -0.05) is 36.4 Å². The normalized spacial score (nSPS) is 19.4. The number of halogens is 5. The van der Waals surface area contributed by atoms with Gasteiger partial charge in [0.1, 0.15) is 5.75 Å². The molecule has 0 saturated heterocycles. The highest BCUT2D eigenvalue weighted by atomic mass is 19.4. The van der Waals surface area contributed by atoms with E-state index in [1.807, 2.05) is 6.07 Å². The number of carbonyl (C=O) groups excluding carboxylic acids is 1. The Morgan fingerprint density at radius 2 is 1.68 bits per heavy atom. The van der Waals surface area contributed by atoms with Crippen molar-refractivity contribution in [3.63, 3.8) is 0 Å². The highest BCUT2D eigenvalue weighted by Gasteiger charge is 2.75. The Morgan fingerprint density at radius 3 is 2.23 bits per heavy atom. The molecule has 0 fully saturated rings. The van der Waals surface area contributed by atoms with Crippen LogP contribution in [0.1, 0.15) is 23.1 Å². The van der Waals surface area contributed by atoms with Crippen LogP contribution in [0.2, 0.25) is 0 Å². The van der Waals surface area contributed by atoms with Crippen LogP contribution < -0.4 is 4.74 Å². The minimum Gasteiger partial charge on any atom is -0.484 e. The van der Waals surface area contributed by atoms with Crippen LogP contribution in [0, 0.1) is 13.8 Å². The second kappa shape index (κ2) is 7.92. The van der Waals surface area contributed by atoms with Gasteiger partial charge in [0.25, 0.3) is 5.91 Å². The van der Waals surface area contributed by atoms with Crippen molar-refractivity contribution in [3.8, 4) is 5.75 Å². The summed E-state index contributed by atoms with van der Waals surface area (Å²) in [4.78, 5) is 12.6. The number of hydrogen-bond acceptors (Lipinski definition) is 4. The first-order chi connectivity index (χ1) is 14.3. The molecule has 1 amide bonds. The third kappa shape index (κ3) is 4.25. The molecule has 0 bridgehead atoms. The molecule has 1 heterocycles. The summed E-state index contributed by atoms with van der Waals surface area (Å²) in [5.41, 5.74) is -2.42. The summed E-state index contributed by atoms with van der Waals surface area (Å²) in [5.74, 6) is -6.77. The monoisotopic (exact) mass is 442 g/mol. The maximum Gasteiger partial charge on any atom is 0.458 e. The predicted molar refractivity (Wildman–Crippen MR) is 102 cm³/mol. The van der Waals surface area contributed by atoms with Crippen LogP contribution in [0.5, 0.6) is 5.75 Å². The topological polar surface area (TPSA) is 62.1 Å². The van der Waals surface area contributed by atoms with Crippen LogP contribution in [0.25, 0.3) is 0 Å². The smallest absolute Gasteiger partial charge is 0.458 e. The lowest BCUT2D eigenvalue weighted by Gasteiger charge is -2.37. The summed E-state index contributed by atoms with van der Waals surface area (Å²) in [6, 6.07) is 12.5. The Balaban J connectivity index is 1.93. The molecular weight excluding hydrogens is 423 g/mol. The molecule has 10 heteroatoms. The van der Waals surface area contributed by atoms with Gasteiger partial charge < -0.3 is 9.84 Å². The lowest BCUT2D eigenvalue weighted by molar-refractivity contribution is -0.363. The van der Waals surface area contributed by atoms with E-state index in [9.17, 15) is 31.9 Å². The fourth-order valence-corrected chi connectivity index (χ4v) is 3.29. The minimum atomic E-state index is -6.11. The highest BCUT2D eigenvalue weighted by molar-refractivity contribution is 6.03. The zero-order valence-electron chi connectivity index (χ0n) is 16.6. The maximum atomic E-state index is 14.3. The molecule has 2 aromatic rings. The average Bonchev–Trinajstić information content (AvgIpc) is 3.05. The number of aryl methyl sites for hydroxylation is 2. The summed E-state index contributed by atoms with van der Waals surface area (Å²) in [6.07, 6.45) is -7.32. The summed E-state index contributed by atoms with van der Waals surface area (Å²) < 4.78 is 73.2. The molecule has 0 aliphatic carbocycles. The van der Waals surface area contributed by atoms with Gasteiger partial charge in [0, 0.05) is 6.42 Å². The molecule has 0 unspecified atom stereocenters. The molecule has 0 spiro atoms. The zero-order chi connectivity index (χ0) is 23.0. The third-order valence-electron chi connectivity index (χ3n) is 4.74. The Morgan fingerprint density at radius 1 is 1.10 bits per heavy atom. The van der Waals surface area contributed by atoms with E-state index in [4.69, 9.17) is 4.74 Å². The number of alkyl halides is 5. The SMILES string of the molecule is Cc1cc(C)cc(OCC(=O)N2N=C(c3ccccc3)C[C@@]2(O)C(F)(F)C(F)(F)F)c1. The van der Waals surface area contributed by atoms with E-state index in [0.29, 0.717) is 0 Å². The van der Waals surface area contributed by atoms with Crippen molar-refractivity contribution in [1.82, 2.24) is 5.01 Å². The molecule has 166 valence electrons. The van der Waals surface area contributed by atoms with E-state index in [-0.39, 0.29) is 22.0 Å². The first-order valence-corrected chi connectivity index (χ1v) is 9.19. The Kier molecular flexibility index (Phi) is 5.79. The molecule has 0 saturated carbocycles. The van der Waals surface area contributed by atoms with Gasteiger partial charge in [-0.05, 0) is 42.7 Å². The number of aliphatic hydroxyl groups is 1. The Labute approximate surface area is 174 Å². The van der Waals surface area contributed by atoms with E-state index in [2.05, 4.69) is 5.10 Å². The highest BCUT2D eigenvalue weighted by Crippen LogP contribution is 2.49. The van der Waals surface area contributed by atoms with E-state index >= 15 is 0 Å². The number of nitrogens with zero attached hydrogens (tertiary/aromatic N) is 2.